The van der Waals surface area contributed by atoms with E-state index >= 15 is 0 Å². The molecule has 0 saturated carbocycles. The van der Waals surface area contributed by atoms with E-state index in [9.17, 15) is 4.79 Å². The summed E-state index contributed by atoms with van der Waals surface area (Å²) in [6.07, 6.45) is 1.35. The smallest absolute Gasteiger partial charge is 0.235 e. The SMILES string of the molecule is COc1ccc(NC(=O)C2(c3ccc(C)cc3)CCOCC2)c2ccccc12. The fourth-order valence-corrected chi connectivity index (χ4v) is 4.04. The van der Waals surface area contributed by atoms with Crippen molar-refractivity contribution < 1.29 is 14.3 Å². The molecule has 0 aromatic heterocycles. The Balaban J connectivity index is 1.73. The standard InChI is InChI=1S/C24H25NO3/c1-17-7-9-18(10-8-17)24(13-15-28-16-14-24)23(26)25-21-11-12-22(27-2)20-6-4-3-5-19(20)21/h3-12H,13-16H2,1-2H3,(H,25,26). The Labute approximate surface area is 165 Å². The lowest BCUT2D eigenvalue weighted by atomic mass is 9.73. The first-order valence-corrected chi connectivity index (χ1v) is 9.66. The van der Waals surface area contributed by atoms with Crippen LogP contribution in [0.5, 0.6) is 5.75 Å². The highest BCUT2D eigenvalue weighted by Crippen LogP contribution is 2.38. The first-order valence-electron chi connectivity index (χ1n) is 9.66. The van der Waals surface area contributed by atoms with Crippen molar-refractivity contribution in [3.63, 3.8) is 0 Å². The van der Waals surface area contributed by atoms with Gasteiger partial charge in [-0.15, -0.1) is 0 Å². The zero-order valence-electron chi connectivity index (χ0n) is 16.3. The number of hydrogen-bond donors (Lipinski definition) is 1. The number of hydrogen-bond acceptors (Lipinski definition) is 3. The van der Waals surface area contributed by atoms with E-state index in [1.165, 1.54) is 5.56 Å². The third kappa shape index (κ3) is 3.25. The van der Waals surface area contributed by atoms with E-state index in [4.69, 9.17) is 9.47 Å². The van der Waals surface area contributed by atoms with Gasteiger partial charge in [-0.3, -0.25) is 4.79 Å². The lowest BCUT2D eigenvalue weighted by molar-refractivity contribution is -0.125. The van der Waals surface area contributed by atoms with E-state index in [1.54, 1.807) is 7.11 Å². The number of ether oxygens (including phenoxy) is 2. The zero-order chi connectivity index (χ0) is 19.6. The van der Waals surface area contributed by atoms with Gasteiger partial charge in [0.1, 0.15) is 5.75 Å². The van der Waals surface area contributed by atoms with E-state index in [0.29, 0.717) is 26.1 Å². The van der Waals surface area contributed by atoms with Gasteiger partial charge in [0.15, 0.2) is 0 Å². The first kappa shape index (κ1) is 18.5. The normalized spacial score (nSPS) is 15.9. The molecule has 0 atom stereocenters. The fraction of sp³-hybridized carbons (Fsp3) is 0.292. The summed E-state index contributed by atoms with van der Waals surface area (Å²) in [5, 5.41) is 5.17. The molecule has 1 aliphatic rings. The summed E-state index contributed by atoms with van der Waals surface area (Å²) in [4.78, 5) is 13.6. The van der Waals surface area contributed by atoms with E-state index in [2.05, 4.69) is 36.5 Å². The monoisotopic (exact) mass is 375 g/mol. The largest absolute Gasteiger partial charge is 0.496 e. The van der Waals surface area contributed by atoms with Crippen LogP contribution >= 0.6 is 0 Å². The average Bonchev–Trinajstić information content (AvgIpc) is 2.75. The predicted molar refractivity (Wildman–Crippen MR) is 112 cm³/mol. The Morgan fingerprint density at radius 2 is 1.64 bits per heavy atom. The second kappa shape index (κ2) is 7.64. The van der Waals surface area contributed by atoms with Gasteiger partial charge in [0.25, 0.3) is 0 Å². The van der Waals surface area contributed by atoms with Crippen LogP contribution < -0.4 is 10.1 Å². The van der Waals surface area contributed by atoms with Crippen LogP contribution in [0.2, 0.25) is 0 Å². The molecule has 4 rings (SSSR count). The van der Waals surface area contributed by atoms with Gasteiger partial charge in [0.2, 0.25) is 5.91 Å². The molecule has 1 N–H and O–H groups in total. The maximum Gasteiger partial charge on any atom is 0.235 e. The number of nitrogens with one attached hydrogen (secondary N) is 1. The lowest BCUT2D eigenvalue weighted by Crippen LogP contribution is -2.44. The minimum Gasteiger partial charge on any atom is -0.496 e. The van der Waals surface area contributed by atoms with Crippen LogP contribution in [0.25, 0.3) is 10.8 Å². The van der Waals surface area contributed by atoms with Crippen LogP contribution in [0.4, 0.5) is 5.69 Å². The minimum absolute atomic E-state index is 0.0231. The summed E-state index contributed by atoms with van der Waals surface area (Å²) in [6.45, 7) is 3.24. The summed E-state index contributed by atoms with van der Waals surface area (Å²) in [5.41, 5.74) is 2.47. The quantitative estimate of drug-likeness (QED) is 0.709. The molecule has 3 aromatic rings. The van der Waals surface area contributed by atoms with E-state index in [-0.39, 0.29) is 5.91 Å². The van der Waals surface area contributed by atoms with Gasteiger partial charge in [-0.1, -0.05) is 54.1 Å². The summed E-state index contributed by atoms with van der Waals surface area (Å²) < 4.78 is 11.0. The van der Waals surface area contributed by atoms with Crippen LogP contribution in [-0.2, 0) is 14.9 Å². The highest BCUT2D eigenvalue weighted by molar-refractivity contribution is 6.07. The third-order valence-electron chi connectivity index (χ3n) is 5.74. The van der Waals surface area contributed by atoms with Crippen molar-refractivity contribution in [2.45, 2.75) is 25.2 Å². The van der Waals surface area contributed by atoms with Crippen molar-refractivity contribution in [3.8, 4) is 5.75 Å². The maximum atomic E-state index is 13.6. The zero-order valence-corrected chi connectivity index (χ0v) is 16.3. The van der Waals surface area contributed by atoms with Crippen LogP contribution in [-0.4, -0.2) is 26.2 Å². The highest BCUT2D eigenvalue weighted by Gasteiger charge is 2.41. The van der Waals surface area contributed by atoms with Gasteiger partial charge in [0.05, 0.1) is 12.5 Å². The molecule has 4 nitrogen and oxygen atoms in total. The van der Waals surface area contributed by atoms with Crippen LogP contribution in [0.15, 0.2) is 60.7 Å². The number of carbonyl (C=O) groups excluding carboxylic acids is 1. The molecule has 4 heteroatoms. The minimum atomic E-state index is -0.576. The highest BCUT2D eigenvalue weighted by atomic mass is 16.5. The Hall–Kier alpha value is -2.85. The molecule has 3 aromatic carbocycles. The number of carbonyl (C=O) groups is 1. The second-order valence-electron chi connectivity index (χ2n) is 7.38. The molecular weight excluding hydrogens is 350 g/mol. The van der Waals surface area contributed by atoms with Crippen LogP contribution in [0.3, 0.4) is 0 Å². The lowest BCUT2D eigenvalue weighted by Gasteiger charge is -2.36. The number of anilines is 1. The van der Waals surface area contributed by atoms with Gasteiger partial charge < -0.3 is 14.8 Å². The molecule has 144 valence electrons. The van der Waals surface area contributed by atoms with Gasteiger partial charge in [-0.05, 0) is 37.5 Å². The fourth-order valence-electron chi connectivity index (χ4n) is 4.04. The van der Waals surface area contributed by atoms with Crippen molar-refractivity contribution in [3.05, 3.63) is 71.8 Å². The Bertz CT molecular complexity index is 988. The topological polar surface area (TPSA) is 47.6 Å². The summed E-state index contributed by atoms with van der Waals surface area (Å²) in [7, 11) is 1.66. The Kier molecular flexibility index (Phi) is 5.05. The summed E-state index contributed by atoms with van der Waals surface area (Å²) in [6, 6.07) is 20.1. The molecule has 1 fully saturated rings. The molecule has 0 unspecified atom stereocenters. The van der Waals surface area contributed by atoms with Crippen LogP contribution in [0.1, 0.15) is 24.0 Å². The summed E-state index contributed by atoms with van der Waals surface area (Å²) >= 11 is 0. The van der Waals surface area contributed by atoms with Gasteiger partial charge in [-0.25, -0.2) is 0 Å². The van der Waals surface area contributed by atoms with Crippen molar-refractivity contribution in [2.75, 3.05) is 25.6 Å². The molecule has 0 spiro atoms. The van der Waals surface area contributed by atoms with Gasteiger partial charge >= 0.3 is 0 Å². The predicted octanol–water partition coefficient (Wildman–Crippen LogP) is 4.84. The molecule has 1 amide bonds. The number of fused-ring (bicyclic) bond motifs is 1. The number of aryl methyl sites for hydroxylation is 1. The number of amides is 1. The molecule has 0 bridgehead atoms. The number of methoxy groups -OCH3 is 1. The molecule has 28 heavy (non-hydrogen) atoms. The number of rotatable bonds is 4. The molecule has 1 heterocycles. The van der Waals surface area contributed by atoms with Gasteiger partial charge in [0, 0.05) is 29.7 Å². The molecule has 1 aliphatic heterocycles. The average molecular weight is 375 g/mol. The molecule has 0 aliphatic carbocycles. The summed E-state index contributed by atoms with van der Waals surface area (Å²) in [5.74, 6) is 0.822. The first-order chi connectivity index (χ1) is 13.6. The third-order valence-corrected chi connectivity index (χ3v) is 5.74. The van der Waals surface area contributed by atoms with E-state index in [0.717, 1.165) is 27.8 Å². The van der Waals surface area contributed by atoms with Crippen molar-refractivity contribution in [1.82, 2.24) is 0 Å². The Morgan fingerprint density at radius 1 is 0.964 bits per heavy atom. The van der Waals surface area contributed by atoms with Crippen molar-refractivity contribution in [1.29, 1.82) is 0 Å². The van der Waals surface area contributed by atoms with Crippen LogP contribution in [0, 0.1) is 6.92 Å². The second-order valence-corrected chi connectivity index (χ2v) is 7.38. The molecule has 0 radical (unpaired) electrons. The molecule has 1 saturated heterocycles. The van der Waals surface area contributed by atoms with Gasteiger partial charge in [-0.2, -0.15) is 0 Å². The van der Waals surface area contributed by atoms with Crippen molar-refractivity contribution >= 4 is 22.4 Å². The van der Waals surface area contributed by atoms with E-state index in [1.807, 2.05) is 36.4 Å². The molecular formula is C24H25NO3. The number of benzene rings is 3. The van der Waals surface area contributed by atoms with Crippen molar-refractivity contribution in [2.24, 2.45) is 0 Å². The van der Waals surface area contributed by atoms with E-state index < -0.39 is 5.41 Å². The Morgan fingerprint density at radius 3 is 2.32 bits per heavy atom. The maximum absolute atomic E-state index is 13.6.